The molecule has 1 heterocycles. The highest BCUT2D eigenvalue weighted by Crippen LogP contribution is 2.27. The number of aromatic nitrogens is 1. The highest BCUT2D eigenvalue weighted by Gasteiger charge is 2.08. The van der Waals surface area contributed by atoms with Gasteiger partial charge in [-0.25, -0.2) is 9.37 Å². The highest BCUT2D eigenvalue weighted by atomic mass is 79.9. The second-order valence-electron chi connectivity index (χ2n) is 4.85. The van der Waals surface area contributed by atoms with Crippen molar-refractivity contribution >= 4 is 49.8 Å². The Labute approximate surface area is 140 Å². The van der Waals surface area contributed by atoms with Crippen molar-refractivity contribution in [3.05, 3.63) is 63.5 Å². The summed E-state index contributed by atoms with van der Waals surface area (Å²) < 4.78 is 14.8. The van der Waals surface area contributed by atoms with E-state index in [1.807, 2.05) is 18.2 Å². The summed E-state index contributed by atoms with van der Waals surface area (Å²) in [4.78, 5) is 4.13. The van der Waals surface area contributed by atoms with Crippen LogP contribution in [0.25, 0.3) is 10.8 Å². The zero-order valence-electron chi connectivity index (χ0n) is 11.4. The third-order valence-corrected chi connectivity index (χ3v) is 4.30. The van der Waals surface area contributed by atoms with Gasteiger partial charge in [-0.1, -0.05) is 33.6 Å². The Kier molecular flexibility index (Phi) is 4.18. The van der Waals surface area contributed by atoms with Crippen LogP contribution in [-0.4, -0.2) is 4.98 Å². The Morgan fingerprint density at radius 2 is 2.00 bits per heavy atom. The molecule has 0 unspecified atom stereocenters. The third kappa shape index (κ3) is 3.00. The number of hydrogen-bond acceptors (Lipinski definition) is 3. The van der Waals surface area contributed by atoms with E-state index >= 15 is 0 Å². The van der Waals surface area contributed by atoms with E-state index in [0.717, 1.165) is 10.0 Å². The van der Waals surface area contributed by atoms with Crippen LogP contribution >= 0.6 is 27.5 Å². The van der Waals surface area contributed by atoms with Gasteiger partial charge in [0, 0.05) is 32.5 Å². The molecule has 0 amide bonds. The number of halogens is 3. The predicted molar refractivity (Wildman–Crippen MR) is 92.6 cm³/mol. The van der Waals surface area contributed by atoms with Crippen LogP contribution in [0.15, 0.2) is 47.1 Å². The molecule has 0 aliphatic heterocycles. The van der Waals surface area contributed by atoms with Crippen molar-refractivity contribution in [2.45, 2.75) is 6.54 Å². The van der Waals surface area contributed by atoms with Crippen molar-refractivity contribution in [1.29, 1.82) is 0 Å². The van der Waals surface area contributed by atoms with Crippen LogP contribution in [0.4, 0.5) is 15.9 Å². The van der Waals surface area contributed by atoms with E-state index < -0.39 is 0 Å². The Hall–Kier alpha value is -1.85. The summed E-state index contributed by atoms with van der Waals surface area (Å²) in [6, 6.07) is 10.7. The number of nitrogens with zero attached hydrogens (tertiary/aromatic N) is 1. The molecule has 0 saturated carbocycles. The second kappa shape index (κ2) is 6.10. The Morgan fingerprint density at radius 3 is 2.77 bits per heavy atom. The molecular weight excluding hydrogens is 369 g/mol. The topological polar surface area (TPSA) is 50.9 Å². The fourth-order valence-electron chi connectivity index (χ4n) is 2.21. The van der Waals surface area contributed by atoms with Gasteiger partial charge in [-0.3, -0.25) is 0 Å². The maximum Gasteiger partial charge on any atom is 0.149 e. The molecule has 0 aliphatic rings. The SMILES string of the molecule is Nc1ccc2c(NCc3ccc(Cl)cc3Br)ncc(F)c2c1. The summed E-state index contributed by atoms with van der Waals surface area (Å²) in [6.07, 6.45) is 1.20. The first-order valence-electron chi connectivity index (χ1n) is 6.56. The first-order chi connectivity index (χ1) is 10.5. The first kappa shape index (κ1) is 15.1. The van der Waals surface area contributed by atoms with Gasteiger partial charge in [0.25, 0.3) is 0 Å². The molecule has 0 saturated heterocycles. The molecule has 3 N–H and O–H groups in total. The van der Waals surface area contributed by atoms with Gasteiger partial charge in [0.1, 0.15) is 11.6 Å². The predicted octanol–water partition coefficient (Wildman–Crippen LogP) is 4.98. The molecule has 1 aromatic heterocycles. The molecule has 0 radical (unpaired) electrons. The van der Waals surface area contributed by atoms with Crippen molar-refractivity contribution < 1.29 is 4.39 Å². The van der Waals surface area contributed by atoms with E-state index in [0.29, 0.717) is 33.8 Å². The number of nitrogens with two attached hydrogens (primary N) is 1. The largest absolute Gasteiger partial charge is 0.399 e. The zero-order valence-corrected chi connectivity index (χ0v) is 13.7. The van der Waals surface area contributed by atoms with Gasteiger partial charge in [-0.15, -0.1) is 0 Å². The summed E-state index contributed by atoms with van der Waals surface area (Å²) >= 11 is 9.40. The van der Waals surface area contributed by atoms with E-state index in [1.165, 1.54) is 6.20 Å². The minimum absolute atomic E-state index is 0.388. The number of benzene rings is 2. The summed E-state index contributed by atoms with van der Waals surface area (Å²) in [7, 11) is 0. The molecule has 0 aliphatic carbocycles. The quantitative estimate of drug-likeness (QED) is 0.630. The number of anilines is 2. The second-order valence-corrected chi connectivity index (χ2v) is 6.14. The highest BCUT2D eigenvalue weighted by molar-refractivity contribution is 9.10. The van der Waals surface area contributed by atoms with Crippen molar-refractivity contribution in [3.8, 4) is 0 Å². The molecule has 3 aromatic rings. The molecule has 0 bridgehead atoms. The lowest BCUT2D eigenvalue weighted by Crippen LogP contribution is -2.03. The smallest absolute Gasteiger partial charge is 0.149 e. The summed E-state index contributed by atoms with van der Waals surface area (Å²) in [5.41, 5.74) is 7.26. The van der Waals surface area contributed by atoms with Gasteiger partial charge in [0.2, 0.25) is 0 Å². The maximum absolute atomic E-state index is 13.8. The summed E-state index contributed by atoms with van der Waals surface area (Å²) in [5.74, 6) is 0.221. The standard InChI is InChI=1S/C16H12BrClFN3/c17-14-5-10(18)2-1-9(14)7-21-16-12-4-3-11(20)6-13(12)15(19)8-22-16/h1-6,8H,7,20H2,(H,21,22). The van der Waals surface area contributed by atoms with Gasteiger partial charge >= 0.3 is 0 Å². The fraction of sp³-hybridized carbons (Fsp3) is 0.0625. The lowest BCUT2D eigenvalue weighted by Gasteiger charge is -2.11. The Morgan fingerprint density at radius 1 is 1.18 bits per heavy atom. The molecule has 3 nitrogen and oxygen atoms in total. The van der Waals surface area contributed by atoms with Crippen LogP contribution in [0.1, 0.15) is 5.56 Å². The lowest BCUT2D eigenvalue weighted by molar-refractivity contribution is 0.634. The number of fused-ring (bicyclic) bond motifs is 1. The third-order valence-electron chi connectivity index (χ3n) is 3.32. The molecule has 112 valence electrons. The average molecular weight is 381 g/mol. The number of hydrogen-bond donors (Lipinski definition) is 2. The average Bonchev–Trinajstić information content (AvgIpc) is 2.48. The van der Waals surface area contributed by atoms with Crippen LogP contribution < -0.4 is 11.1 Å². The van der Waals surface area contributed by atoms with E-state index in [-0.39, 0.29) is 5.82 Å². The van der Waals surface area contributed by atoms with Gasteiger partial charge in [-0.05, 0) is 35.9 Å². The van der Waals surface area contributed by atoms with Crippen molar-refractivity contribution in [1.82, 2.24) is 4.98 Å². The lowest BCUT2D eigenvalue weighted by atomic mass is 10.1. The van der Waals surface area contributed by atoms with Gasteiger partial charge < -0.3 is 11.1 Å². The molecule has 0 spiro atoms. The van der Waals surface area contributed by atoms with Crippen molar-refractivity contribution in [3.63, 3.8) is 0 Å². The minimum atomic E-state index is -0.388. The van der Waals surface area contributed by atoms with Crippen LogP contribution in [-0.2, 0) is 6.54 Å². The Balaban J connectivity index is 1.93. The molecule has 2 aromatic carbocycles. The molecule has 6 heteroatoms. The summed E-state index contributed by atoms with van der Waals surface area (Å²) in [6.45, 7) is 0.538. The van der Waals surface area contributed by atoms with Crippen LogP contribution in [0.2, 0.25) is 5.02 Å². The number of pyridine rings is 1. The van der Waals surface area contributed by atoms with E-state index in [2.05, 4.69) is 26.2 Å². The number of nitrogens with one attached hydrogen (secondary N) is 1. The van der Waals surface area contributed by atoms with Gasteiger partial charge in [0.15, 0.2) is 0 Å². The maximum atomic E-state index is 13.8. The first-order valence-corrected chi connectivity index (χ1v) is 7.73. The van der Waals surface area contributed by atoms with Crippen LogP contribution in [0.3, 0.4) is 0 Å². The zero-order chi connectivity index (χ0) is 15.7. The van der Waals surface area contributed by atoms with Crippen LogP contribution in [0.5, 0.6) is 0 Å². The molecule has 3 rings (SSSR count). The van der Waals surface area contributed by atoms with E-state index in [1.54, 1.807) is 18.2 Å². The normalized spacial score (nSPS) is 10.9. The number of rotatable bonds is 3. The van der Waals surface area contributed by atoms with E-state index in [4.69, 9.17) is 17.3 Å². The summed E-state index contributed by atoms with van der Waals surface area (Å²) in [5, 5.41) is 5.03. The monoisotopic (exact) mass is 379 g/mol. The molecule has 0 fully saturated rings. The number of nitrogen functional groups attached to an aromatic ring is 1. The van der Waals surface area contributed by atoms with Crippen molar-refractivity contribution in [2.75, 3.05) is 11.1 Å². The molecule has 0 atom stereocenters. The fourth-order valence-corrected chi connectivity index (χ4v) is 3.03. The Bertz CT molecular complexity index is 854. The van der Waals surface area contributed by atoms with Gasteiger partial charge in [0.05, 0.1) is 6.20 Å². The van der Waals surface area contributed by atoms with E-state index in [9.17, 15) is 4.39 Å². The van der Waals surface area contributed by atoms with Crippen molar-refractivity contribution in [2.24, 2.45) is 0 Å². The van der Waals surface area contributed by atoms with Gasteiger partial charge in [-0.2, -0.15) is 0 Å². The minimum Gasteiger partial charge on any atom is -0.399 e. The van der Waals surface area contributed by atoms with Crippen LogP contribution in [0, 0.1) is 5.82 Å². The molecular formula is C16H12BrClFN3. The molecule has 22 heavy (non-hydrogen) atoms.